The lowest BCUT2D eigenvalue weighted by molar-refractivity contribution is -0.118. The second-order valence-electron chi connectivity index (χ2n) is 5.25. The molecule has 0 unspecified atom stereocenters. The molecule has 0 radical (unpaired) electrons. The van der Waals surface area contributed by atoms with Crippen molar-refractivity contribution in [2.24, 2.45) is 0 Å². The van der Waals surface area contributed by atoms with Gasteiger partial charge in [-0.1, -0.05) is 18.7 Å². The average molecular weight is 327 g/mol. The number of benzene rings is 2. The molecular weight excluding hydrogens is 306 g/mol. The first-order valence-corrected chi connectivity index (χ1v) is 7.51. The number of methoxy groups -OCH3 is 1. The van der Waals surface area contributed by atoms with Crippen molar-refractivity contribution in [3.05, 3.63) is 60.7 Å². The Labute approximate surface area is 141 Å². The molecule has 0 aliphatic rings. The SMILES string of the molecule is C=C(C)COc1ccccc1NC(=O)COc1ccc(OC)cc1. The van der Waals surface area contributed by atoms with Gasteiger partial charge in [0.25, 0.3) is 5.91 Å². The van der Waals surface area contributed by atoms with Gasteiger partial charge in [-0.2, -0.15) is 0 Å². The number of ether oxygens (including phenoxy) is 3. The monoisotopic (exact) mass is 327 g/mol. The molecule has 2 rings (SSSR count). The standard InChI is InChI=1S/C19H21NO4/c1-14(2)12-24-18-7-5-4-6-17(18)20-19(21)13-23-16-10-8-15(22-3)9-11-16/h4-11H,1,12-13H2,2-3H3,(H,20,21). The normalized spacial score (nSPS) is 9.92. The summed E-state index contributed by atoms with van der Waals surface area (Å²) in [5, 5.41) is 2.78. The number of carbonyl (C=O) groups excluding carboxylic acids is 1. The van der Waals surface area contributed by atoms with Crippen molar-refractivity contribution in [1.82, 2.24) is 0 Å². The average Bonchev–Trinajstić information content (AvgIpc) is 2.59. The lowest BCUT2D eigenvalue weighted by atomic mass is 10.3. The number of amides is 1. The largest absolute Gasteiger partial charge is 0.497 e. The Morgan fingerprint density at radius 1 is 1.00 bits per heavy atom. The Kier molecular flexibility index (Phi) is 6.25. The van der Waals surface area contributed by atoms with Crippen LogP contribution in [0.4, 0.5) is 5.69 Å². The van der Waals surface area contributed by atoms with Crippen LogP contribution < -0.4 is 19.5 Å². The Bertz CT molecular complexity index is 695. The molecule has 0 heterocycles. The van der Waals surface area contributed by atoms with Crippen molar-refractivity contribution in [2.45, 2.75) is 6.92 Å². The molecule has 5 heteroatoms. The Morgan fingerprint density at radius 2 is 1.67 bits per heavy atom. The van der Waals surface area contributed by atoms with Crippen molar-refractivity contribution in [3.8, 4) is 17.2 Å². The quantitative estimate of drug-likeness (QED) is 0.752. The highest BCUT2D eigenvalue weighted by Gasteiger charge is 2.08. The van der Waals surface area contributed by atoms with Crippen LogP contribution >= 0.6 is 0 Å². The highest BCUT2D eigenvalue weighted by Crippen LogP contribution is 2.24. The predicted molar refractivity (Wildman–Crippen MR) is 93.9 cm³/mol. The summed E-state index contributed by atoms with van der Waals surface area (Å²) in [6, 6.07) is 14.3. The van der Waals surface area contributed by atoms with Crippen molar-refractivity contribution in [2.75, 3.05) is 25.6 Å². The van der Waals surface area contributed by atoms with Crippen LogP contribution in [0, 0.1) is 0 Å². The number of para-hydroxylation sites is 2. The van der Waals surface area contributed by atoms with Crippen LogP contribution in [0.3, 0.4) is 0 Å². The van der Waals surface area contributed by atoms with E-state index in [9.17, 15) is 4.79 Å². The number of hydrogen-bond donors (Lipinski definition) is 1. The zero-order valence-corrected chi connectivity index (χ0v) is 13.9. The molecule has 2 aromatic carbocycles. The van der Waals surface area contributed by atoms with Gasteiger partial charge in [-0.15, -0.1) is 0 Å². The van der Waals surface area contributed by atoms with Crippen molar-refractivity contribution >= 4 is 11.6 Å². The summed E-state index contributed by atoms with van der Waals surface area (Å²) < 4.78 is 16.1. The van der Waals surface area contributed by atoms with Gasteiger partial charge in [0.1, 0.15) is 23.9 Å². The summed E-state index contributed by atoms with van der Waals surface area (Å²) in [6.45, 7) is 5.98. The molecule has 0 saturated carbocycles. The van der Waals surface area contributed by atoms with E-state index in [0.29, 0.717) is 23.8 Å². The lowest BCUT2D eigenvalue weighted by Gasteiger charge is -2.13. The van der Waals surface area contributed by atoms with Crippen LogP contribution in [-0.4, -0.2) is 26.2 Å². The molecule has 5 nitrogen and oxygen atoms in total. The van der Waals surface area contributed by atoms with Gasteiger partial charge in [0.15, 0.2) is 6.61 Å². The molecule has 0 spiro atoms. The summed E-state index contributed by atoms with van der Waals surface area (Å²) in [6.07, 6.45) is 0. The molecule has 0 atom stereocenters. The number of nitrogens with one attached hydrogen (secondary N) is 1. The summed E-state index contributed by atoms with van der Waals surface area (Å²) in [5.41, 5.74) is 1.50. The Balaban J connectivity index is 1.90. The number of rotatable bonds is 8. The number of carbonyl (C=O) groups is 1. The van der Waals surface area contributed by atoms with E-state index >= 15 is 0 Å². The fourth-order valence-electron chi connectivity index (χ4n) is 1.90. The molecule has 0 bridgehead atoms. The minimum absolute atomic E-state index is 0.0961. The van der Waals surface area contributed by atoms with Gasteiger partial charge in [0.05, 0.1) is 12.8 Å². The molecule has 0 aliphatic heterocycles. The van der Waals surface area contributed by atoms with Crippen LogP contribution in [-0.2, 0) is 4.79 Å². The van der Waals surface area contributed by atoms with Crippen molar-refractivity contribution in [1.29, 1.82) is 0 Å². The van der Waals surface area contributed by atoms with Crippen LogP contribution in [0.15, 0.2) is 60.7 Å². The van der Waals surface area contributed by atoms with Gasteiger partial charge in [-0.05, 0) is 48.9 Å². The third kappa shape index (κ3) is 5.35. The second kappa shape index (κ2) is 8.62. The highest BCUT2D eigenvalue weighted by molar-refractivity contribution is 5.93. The minimum Gasteiger partial charge on any atom is -0.497 e. The Morgan fingerprint density at radius 3 is 2.33 bits per heavy atom. The maximum absolute atomic E-state index is 12.1. The van der Waals surface area contributed by atoms with Crippen LogP contribution in [0.1, 0.15) is 6.92 Å². The zero-order valence-electron chi connectivity index (χ0n) is 13.9. The molecule has 2 aromatic rings. The highest BCUT2D eigenvalue weighted by atomic mass is 16.5. The van der Waals surface area contributed by atoms with Crippen LogP contribution in [0.25, 0.3) is 0 Å². The second-order valence-corrected chi connectivity index (χ2v) is 5.25. The molecule has 0 aromatic heterocycles. The smallest absolute Gasteiger partial charge is 0.262 e. The topological polar surface area (TPSA) is 56.8 Å². The van der Waals surface area contributed by atoms with E-state index < -0.39 is 0 Å². The Hall–Kier alpha value is -2.95. The molecular formula is C19H21NO4. The molecule has 24 heavy (non-hydrogen) atoms. The fraction of sp³-hybridized carbons (Fsp3) is 0.211. The predicted octanol–water partition coefficient (Wildman–Crippen LogP) is 3.67. The summed E-state index contributed by atoms with van der Waals surface area (Å²) in [4.78, 5) is 12.1. The number of hydrogen-bond acceptors (Lipinski definition) is 4. The first-order chi connectivity index (χ1) is 11.6. The first-order valence-electron chi connectivity index (χ1n) is 7.51. The van der Waals surface area contributed by atoms with Crippen molar-refractivity contribution in [3.63, 3.8) is 0 Å². The van der Waals surface area contributed by atoms with Gasteiger partial charge in [0, 0.05) is 0 Å². The maximum atomic E-state index is 12.1. The molecule has 0 fully saturated rings. The third-order valence-electron chi connectivity index (χ3n) is 3.06. The van der Waals surface area contributed by atoms with Crippen LogP contribution in [0.5, 0.6) is 17.2 Å². The van der Waals surface area contributed by atoms with E-state index in [1.807, 2.05) is 19.1 Å². The van der Waals surface area contributed by atoms with E-state index in [2.05, 4.69) is 11.9 Å². The molecule has 1 amide bonds. The molecule has 0 aliphatic carbocycles. The molecule has 0 saturated heterocycles. The van der Waals surface area contributed by atoms with E-state index in [4.69, 9.17) is 14.2 Å². The number of anilines is 1. The van der Waals surface area contributed by atoms with Crippen LogP contribution in [0.2, 0.25) is 0 Å². The van der Waals surface area contributed by atoms with E-state index in [-0.39, 0.29) is 12.5 Å². The lowest BCUT2D eigenvalue weighted by Crippen LogP contribution is -2.20. The first kappa shape index (κ1) is 17.4. The van der Waals surface area contributed by atoms with E-state index in [0.717, 1.165) is 11.3 Å². The van der Waals surface area contributed by atoms with Gasteiger partial charge in [0.2, 0.25) is 0 Å². The van der Waals surface area contributed by atoms with Gasteiger partial charge in [-0.25, -0.2) is 0 Å². The maximum Gasteiger partial charge on any atom is 0.262 e. The summed E-state index contributed by atoms with van der Waals surface area (Å²) in [7, 11) is 1.59. The fourth-order valence-corrected chi connectivity index (χ4v) is 1.90. The van der Waals surface area contributed by atoms with Gasteiger partial charge in [-0.3, -0.25) is 4.79 Å². The molecule has 1 N–H and O–H groups in total. The summed E-state index contributed by atoms with van der Waals surface area (Å²) >= 11 is 0. The van der Waals surface area contributed by atoms with Crippen molar-refractivity contribution < 1.29 is 19.0 Å². The minimum atomic E-state index is -0.266. The molecule has 126 valence electrons. The van der Waals surface area contributed by atoms with E-state index in [1.165, 1.54) is 0 Å². The van der Waals surface area contributed by atoms with E-state index in [1.54, 1.807) is 43.5 Å². The van der Waals surface area contributed by atoms with Gasteiger partial charge >= 0.3 is 0 Å². The zero-order chi connectivity index (χ0) is 17.4. The summed E-state index contributed by atoms with van der Waals surface area (Å²) in [5.74, 6) is 1.66. The third-order valence-corrected chi connectivity index (χ3v) is 3.06. The van der Waals surface area contributed by atoms with Gasteiger partial charge < -0.3 is 19.5 Å².